The van der Waals surface area contributed by atoms with E-state index in [4.69, 9.17) is 0 Å². The molecule has 0 amide bonds. The molecule has 1 aliphatic rings. The van der Waals surface area contributed by atoms with Crippen LogP contribution in [0, 0.1) is 0 Å². The number of rotatable bonds is 3. The van der Waals surface area contributed by atoms with Crippen molar-refractivity contribution in [2.24, 2.45) is 0 Å². The van der Waals surface area contributed by atoms with E-state index in [0.717, 1.165) is 19.3 Å². The van der Waals surface area contributed by atoms with Crippen molar-refractivity contribution in [1.29, 1.82) is 0 Å². The Kier molecular flexibility index (Phi) is 6.89. The molecule has 0 N–H and O–H groups in total. The second kappa shape index (κ2) is 9.57. The first-order valence-corrected chi connectivity index (χ1v) is 13.2. The van der Waals surface area contributed by atoms with Gasteiger partial charge in [0.15, 0.2) is 5.76 Å². The minimum absolute atomic E-state index is 0.339. The first-order valence-electron chi connectivity index (χ1n) is 10.1. The van der Waals surface area contributed by atoms with Gasteiger partial charge >= 0.3 is 0 Å². The van der Waals surface area contributed by atoms with Gasteiger partial charge in [0.1, 0.15) is 0 Å². The summed E-state index contributed by atoms with van der Waals surface area (Å²) < 4.78 is 0. The van der Waals surface area contributed by atoms with E-state index in [1.54, 1.807) is 6.08 Å². The molecule has 4 rings (SSSR count). The molecule has 0 atom stereocenters. The van der Waals surface area contributed by atoms with Gasteiger partial charge < -0.3 is 0 Å². The second-order valence-electron chi connectivity index (χ2n) is 7.70. The third-order valence-electron chi connectivity index (χ3n) is 4.97. The lowest BCUT2D eigenvalue weighted by Crippen LogP contribution is -2.06. The van der Waals surface area contributed by atoms with Crippen LogP contribution in [-0.4, -0.2) is 8.80 Å². The molecule has 3 aromatic rings. The molecule has 139 valence electrons. The Bertz CT molecular complexity index is 906. The molecule has 2 heteroatoms. The second-order valence-corrected chi connectivity index (χ2v) is 10.9. The maximum absolute atomic E-state index is 10.4. The van der Waals surface area contributed by atoms with E-state index < -0.39 is 8.80 Å². The van der Waals surface area contributed by atoms with Crippen LogP contribution in [0.3, 0.4) is 0 Å². The highest BCUT2D eigenvalue weighted by atomic mass is 28.3. The fourth-order valence-electron chi connectivity index (χ4n) is 3.67. The van der Waals surface area contributed by atoms with Gasteiger partial charge in [-0.25, -0.2) is 0 Å². The minimum atomic E-state index is -0.611. The molecule has 0 fully saturated rings. The van der Waals surface area contributed by atoms with Crippen molar-refractivity contribution >= 4 is 19.6 Å². The van der Waals surface area contributed by atoms with Crippen molar-refractivity contribution in [3.05, 3.63) is 84.1 Å². The standard InChI is InChI=1S/C19H20Si.C6H9O/c1-20(2)14-16-9-4-6-12-18(16)19-13-7-10-15-8-3-5-11-17(15)19;7-6-4-2-1-3-5-6/h3-13,20H,14H2,1-2H3;4H,1-3,5H2. The van der Waals surface area contributed by atoms with Crippen LogP contribution in [0.15, 0.2) is 78.6 Å². The summed E-state index contributed by atoms with van der Waals surface area (Å²) in [5.41, 5.74) is 4.28. The number of benzene rings is 3. The summed E-state index contributed by atoms with van der Waals surface area (Å²) >= 11 is 0. The predicted molar refractivity (Wildman–Crippen MR) is 119 cm³/mol. The lowest BCUT2D eigenvalue weighted by molar-refractivity contribution is 0.269. The molecule has 3 aromatic carbocycles. The summed E-state index contributed by atoms with van der Waals surface area (Å²) in [6.07, 6.45) is 5.92. The van der Waals surface area contributed by atoms with E-state index in [1.165, 1.54) is 39.9 Å². The number of allylic oxidation sites excluding steroid dienone is 2. The summed E-state index contributed by atoms with van der Waals surface area (Å²) in [5.74, 6) is 0.339. The number of fused-ring (bicyclic) bond motifs is 1. The predicted octanol–water partition coefficient (Wildman–Crippen LogP) is 6.95. The smallest absolute Gasteiger partial charge is 0.151 e. The highest BCUT2D eigenvalue weighted by Crippen LogP contribution is 2.31. The number of hydrogen-bond acceptors (Lipinski definition) is 0. The van der Waals surface area contributed by atoms with Crippen LogP contribution in [0.1, 0.15) is 31.2 Å². The van der Waals surface area contributed by atoms with Gasteiger partial charge in [0.25, 0.3) is 0 Å². The Labute approximate surface area is 165 Å². The van der Waals surface area contributed by atoms with Crippen LogP contribution in [0.2, 0.25) is 13.1 Å². The summed E-state index contributed by atoms with van der Waals surface area (Å²) in [4.78, 5) is 0. The largest absolute Gasteiger partial charge is 0.295 e. The topological polar surface area (TPSA) is 19.9 Å². The van der Waals surface area contributed by atoms with E-state index >= 15 is 0 Å². The molecule has 0 spiro atoms. The fraction of sp³-hybridized carbons (Fsp3) is 0.280. The third-order valence-corrected chi connectivity index (χ3v) is 6.23. The molecule has 0 heterocycles. The average Bonchev–Trinajstić information content (AvgIpc) is 2.69. The van der Waals surface area contributed by atoms with Crippen LogP contribution in [0.25, 0.3) is 21.9 Å². The lowest BCUT2D eigenvalue weighted by atomic mass is 9.95. The van der Waals surface area contributed by atoms with Crippen molar-refractivity contribution in [1.82, 2.24) is 0 Å². The van der Waals surface area contributed by atoms with E-state index in [2.05, 4.69) is 79.8 Å². The quantitative estimate of drug-likeness (QED) is 0.443. The molecular formula is C25H29OSi. The Balaban J connectivity index is 0.000000253. The molecule has 0 unspecified atom stereocenters. The molecule has 1 radical (unpaired) electrons. The van der Waals surface area contributed by atoms with E-state index in [9.17, 15) is 5.11 Å². The van der Waals surface area contributed by atoms with Gasteiger partial charge in [-0.05, 0) is 58.8 Å². The van der Waals surface area contributed by atoms with Crippen molar-refractivity contribution in [2.75, 3.05) is 0 Å². The molecule has 0 aromatic heterocycles. The Morgan fingerprint density at radius 3 is 2.22 bits per heavy atom. The van der Waals surface area contributed by atoms with Crippen LogP contribution in [-0.2, 0) is 11.2 Å². The van der Waals surface area contributed by atoms with Gasteiger partial charge in [-0.15, -0.1) is 0 Å². The first-order chi connectivity index (χ1) is 13.1. The third kappa shape index (κ3) is 5.33. The maximum Gasteiger partial charge on any atom is 0.151 e. The summed E-state index contributed by atoms with van der Waals surface area (Å²) in [6, 6.07) is 25.4. The summed E-state index contributed by atoms with van der Waals surface area (Å²) in [7, 11) is -0.611. The SMILES string of the molecule is C[SiH](C)Cc1ccccc1-c1cccc2ccccc12.[O]C1=CCCCC1. The zero-order valence-corrected chi connectivity index (χ0v) is 17.6. The average molecular weight is 374 g/mol. The molecule has 1 aliphatic carbocycles. The molecule has 0 saturated heterocycles. The van der Waals surface area contributed by atoms with E-state index in [-0.39, 0.29) is 0 Å². The molecular weight excluding hydrogens is 344 g/mol. The molecule has 1 nitrogen and oxygen atoms in total. The fourth-order valence-corrected chi connectivity index (χ4v) is 4.91. The molecule has 0 saturated carbocycles. The Morgan fingerprint density at radius 2 is 1.52 bits per heavy atom. The van der Waals surface area contributed by atoms with Crippen molar-refractivity contribution in [2.45, 2.75) is 44.8 Å². The van der Waals surface area contributed by atoms with Gasteiger partial charge in [-0.1, -0.05) is 79.8 Å². The summed E-state index contributed by atoms with van der Waals surface area (Å²) in [5, 5.41) is 13.1. The first kappa shape index (κ1) is 19.4. The van der Waals surface area contributed by atoms with Crippen LogP contribution < -0.4 is 0 Å². The Morgan fingerprint density at radius 1 is 0.815 bits per heavy atom. The molecule has 0 bridgehead atoms. The van der Waals surface area contributed by atoms with Crippen LogP contribution in [0.4, 0.5) is 0 Å². The highest BCUT2D eigenvalue weighted by molar-refractivity contribution is 6.55. The normalized spacial score (nSPS) is 13.8. The minimum Gasteiger partial charge on any atom is -0.295 e. The van der Waals surface area contributed by atoms with Gasteiger partial charge in [-0.3, -0.25) is 5.11 Å². The summed E-state index contributed by atoms with van der Waals surface area (Å²) in [6.45, 7) is 4.83. The van der Waals surface area contributed by atoms with Crippen LogP contribution >= 0.6 is 0 Å². The zero-order valence-electron chi connectivity index (χ0n) is 16.4. The van der Waals surface area contributed by atoms with Gasteiger partial charge in [0.2, 0.25) is 0 Å². The monoisotopic (exact) mass is 373 g/mol. The Hall–Kier alpha value is -2.32. The molecule has 0 aliphatic heterocycles. The van der Waals surface area contributed by atoms with Gasteiger partial charge in [-0.2, -0.15) is 0 Å². The van der Waals surface area contributed by atoms with Crippen molar-refractivity contribution < 1.29 is 5.11 Å². The zero-order chi connectivity index (χ0) is 19.1. The van der Waals surface area contributed by atoms with E-state index in [0.29, 0.717) is 5.76 Å². The lowest BCUT2D eigenvalue weighted by Gasteiger charge is -2.13. The van der Waals surface area contributed by atoms with Crippen LogP contribution in [0.5, 0.6) is 0 Å². The maximum atomic E-state index is 10.4. The highest BCUT2D eigenvalue weighted by Gasteiger charge is 2.09. The number of hydrogen-bond donors (Lipinski definition) is 0. The van der Waals surface area contributed by atoms with Crippen molar-refractivity contribution in [3.8, 4) is 11.1 Å². The van der Waals surface area contributed by atoms with Crippen molar-refractivity contribution in [3.63, 3.8) is 0 Å². The van der Waals surface area contributed by atoms with Gasteiger partial charge in [0.05, 0.1) is 0 Å². The van der Waals surface area contributed by atoms with Gasteiger partial charge in [0, 0.05) is 15.2 Å². The van der Waals surface area contributed by atoms with E-state index in [1.807, 2.05) is 0 Å². The molecule has 27 heavy (non-hydrogen) atoms.